The van der Waals surface area contributed by atoms with Crippen LogP contribution in [-0.4, -0.2) is 55.3 Å². The first-order chi connectivity index (χ1) is 10.6. The van der Waals surface area contributed by atoms with Crippen molar-refractivity contribution >= 4 is 11.9 Å². The Morgan fingerprint density at radius 2 is 2.36 bits per heavy atom. The molecule has 2 heterocycles. The molecule has 0 aliphatic carbocycles. The first-order valence-corrected chi connectivity index (χ1v) is 7.34. The van der Waals surface area contributed by atoms with Crippen LogP contribution < -0.4 is 10.6 Å². The number of urea groups is 1. The minimum atomic E-state index is -0.505. The molecule has 8 nitrogen and oxygen atoms in total. The molecule has 3 amide bonds. The van der Waals surface area contributed by atoms with Crippen LogP contribution in [-0.2, 0) is 9.53 Å². The number of amides is 3. The van der Waals surface area contributed by atoms with Gasteiger partial charge in [-0.05, 0) is 26.3 Å². The van der Waals surface area contributed by atoms with Gasteiger partial charge < -0.3 is 14.6 Å². The van der Waals surface area contributed by atoms with E-state index in [0.717, 1.165) is 30.8 Å². The fourth-order valence-electron chi connectivity index (χ4n) is 2.55. The second kappa shape index (κ2) is 7.90. The number of aryl methyl sites for hydroxylation is 1. The van der Waals surface area contributed by atoms with Gasteiger partial charge in [0.2, 0.25) is 5.91 Å². The van der Waals surface area contributed by atoms with Gasteiger partial charge in [-0.2, -0.15) is 0 Å². The number of imide groups is 1. The molecule has 0 saturated carbocycles. The molecule has 122 valence electrons. The minimum Gasteiger partial charge on any atom is -0.383 e. The van der Waals surface area contributed by atoms with Crippen LogP contribution in [0.15, 0.2) is 10.6 Å². The predicted octanol–water partition coefficient (Wildman–Crippen LogP) is 0.592. The summed E-state index contributed by atoms with van der Waals surface area (Å²) in [5.41, 5.74) is 0.840. The molecule has 1 saturated heterocycles. The van der Waals surface area contributed by atoms with E-state index in [0.29, 0.717) is 13.2 Å². The fourth-order valence-corrected chi connectivity index (χ4v) is 2.55. The Morgan fingerprint density at radius 1 is 1.55 bits per heavy atom. The van der Waals surface area contributed by atoms with Gasteiger partial charge >= 0.3 is 6.03 Å². The Labute approximate surface area is 129 Å². The second-order valence-electron chi connectivity index (χ2n) is 5.29. The first-order valence-electron chi connectivity index (χ1n) is 7.34. The number of hydrogen-bond acceptors (Lipinski definition) is 6. The molecule has 2 N–H and O–H groups in total. The maximum Gasteiger partial charge on any atom is 0.321 e. The van der Waals surface area contributed by atoms with Crippen LogP contribution in [0.1, 0.15) is 30.3 Å². The zero-order valence-corrected chi connectivity index (χ0v) is 12.9. The summed E-state index contributed by atoms with van der Waals surface area (Å²) in [7, 11) is 1.55. The summed E-state index contributed by atoms with van der Waals surface area (Å²) >= 11 is 0. The lowest BCUT2D eigenvalue weighted by Gasteiger charge is -2.21. The molecule has 2 rings (SSSR count). The molecule has 0 bridgehead atoms. The van der Waals surface area contributed by atoms with Crippen LogP contribution in [0.2, 0.25) is 0 Å². The van der Waals surface area contributed by atoms with E-state index in [1.807, 2.05) is 17.9 Å². The van der Waals surface area contributed by atoms with Crippen molar-refractivity contribution < 1.29 is 18.8 Å². The highest BCUT2D eigenvalue weighted by Crippen LogP contribution is 2.30. The highest BCUT2D eigenvalue weighted by molar-refractivity contribution is 5.95. The average Bonchev–Trinajstić information content (AvgIpc) is 3.07. The summed E-state index contributed by atoms with van der Waals surface area (Å²) in [4.78, 5) is 25.5. The Kier molecular flexibility index (Phi) is 5.91. The van der Waals surface area contributed by atoms with Crippen LogP contribution in [0, 0.1) is 6.92 Å². The van der Waals surface area contributed by atoms with Gasteiger partial charge in [-0.25, -0.2) is 4.79 Å². The number of rotatable bonds is 6. The maximum atomic E-state index is 11.9. The van der Waals surface area contributed by atoms with Gasteiger partial charge in [-0.3, -0.25) is 15.0 Å². The van der Waals surface area contributed by atoms with Crippen molar-refractivity contribution in [3.8, 4) is 0 Å². The smallest absolute Gasteiger partial charge is 0.321 e. The topological polar surface area (TPSA) is 96.7 Å². The molecule has 1 unspecified atom stereocenters. The third-order valence-electron chi connectivity index (χ3n) is 3.54. The monoisotopic (exact) mass is 310 g/mol. The quantitative estimate of drug-likeness (QED) is 0.747. The van der Waals surface area contributed by atoms with Crippen LogP contribution >= 0.6 is 0 Å². The van der Waals surface area contributed by atoms with Crippen LogP contribution in [0.25, 0.3) is 0 Å². The zero-order valence-electron chi connectivity index (χ0n) is 12.9. The number of methoxy groups -OCH3 is 1. The van der Waals surface area contributed by atoms with Crippen LogP contribution in [0.5, 0.6) is 0 Å². The minimum absolute atomic E-state index is 0.0692. The Balaban J connectivity index is 1.81. The van der Waals surface area contributed by atoms with Crippen molar-refractivity contribution in [3.63, 3.8) is 0 Å². The lowest BCUT2D eigenvalue weighted by molar-refractivity contribution is -0.121. The lowest BCUT2D eigenvalue weighted by atomic mass is 10.1. The van der Waals surface area contributed by atoms with E-state index in [9.17, 15) is 9.59 Å². The zero-order chi connectivity index (χ0) is 15.9. The molecule has 1 aliphatic rings. The van der Waals surface area contributed by atoms with Crippen molar-refractivity contribution in [2.24, 2.45) is 0 Å². The van der Waals surface area contributed by atoms with Gasteiger partial charge in [0.15, 0.2) is 0 Å². The lowest BCUT2D eigenvalue weighted by Crippen LogP contribution is -2.45. The number of likely N-dealkylation sites (tertiary alicyclic amines) is 1. The van der Waals surface area contributed by atoms with E-state index in [1.54, 1.807) is 7.11 Å². The third kappa shape index (κ3) is 4.54. The van der Waals surface area contributed by atoms with E-state index < -0.39 is 6.03 Å². The summed E-state index contributed by atoms with van der Waals surface area (Å²) in [5.74, 6) is 0.422. The number of carbonyl (C=O) groups excluding carboxylic acids is 2. The van der Waals surface area contributed by atoms with E-state index in [2.05, 4.69) is 15.8 Å². The van der Waals surface area contributed by atoms with Gasteiger partial charge in [-0.1, -0.05) is 5.16 Å². The highest BCUT2D eigenvalue weighted by atomic mass is 16.5. The molecule has 1 fully saturated rings. The first kappa shape index (κ1) is 16.4. The van der Waals surface area contributed by atoms with Crippen molar-refractivity contribution in [2.45, 2.75) is 25.8 Å². The number of nitrogens with zero attached hydrogens (tertiary/aromatic N) is 2. The molecule has 22 heavy (non-hydrogen) atoms. The van der Waals surface area contributed by atoms with Gasteiger partial charge in [0.05, 0.1) is 19.2 Å². The van der Waals surface area contributed by atoms with E-state index >= 15 is 0 Å². The highest BCUT2D eigenvalue weighted by Gasteiger charge is 2.30. The molecular weight excluding hydrogens is 288 g/mol. The molecule has 1 aliphatic heterocycles. The molecule has 0 aromatic carbocycles. The van der Waals surface area contributed by atoms with Gasteiger partial charge in [-0.15, -0.1) is 0 Å². The van der Waals surface area contributed by atoms with E-state index in [4.69, 9.17) is 9.26 Å². The summed E-state index contributed by atoms with van der Waals surface area (Å²) in [6.45, 7) is 3.57. The van der Waals surface area contributed by atoms with E-state index in [-0.39, 0.29) is 18.5 Å². The van der Waals surface area contributed by atoms with Gasteiger partial charge in [0.1, 0.15) is 11.5 Å². The van der Waals surface area contributed by atoms with Crippen molar-refractivity contribution in [3.05, 3.63) is 17.5 Å². The number of carbonyl (C=O) groups is 2. The normalized spacial score (nSPS) is 18.4. The number of ether oxygens (including phenoxy) is 1. The average molecular weight is 310 g/mol. The molecule has 0 radical (unpaired) electrons. The van der Waals surface area contributed by atoms with E-state index in [1.165, 1.54) is 0 Å². The Hall–Kier alpha value is -1.93. The summed E-state index contributed by atoms with van der Waals surface area (Å²) in [6, 6.07) is 1.45. The van der Waals surface area contributed by atoms with Crippen molar-refractivity contribution in [1.82, 2.24) is 20.7 Å². The fraction of sp³-hybridized carbons (Fsp3) is 0.643. The largest absolute Gasteiger partial charge is 0.383 e. The standard InChI is InChI=1S/C14H22N4O4/c1-10-8-11(17-22-10)12-4-3-6-18(12)9-13(19)16-14(20)15-5-7-21-2/h8,12H,3-7,9H2,1-2H3,(H2,15,16,19,20). The predicted molar refractivity (Wildman–Crippen MR) is 78.2 cm³/mol. The number of nitrogens with one attached hydrogen (secondary N) is 2. The van der Waals surface area contributed by atoms with Crippen molar-refractivity contribution in [1.29, 1.82) is 0 Å². The molecule has 0 spiro atoms. The van der Waals surface area contributed by atoms with Crippen molar-refractivity contribution in [2.75, 3.05) is 33.4 Å². The number of aromatic nitrogens is 1. The van der Waals surface area contributed by atoms with Crippen LogP contribution in [0.4, 0.5) is 4.79 Å². The molecule has 1 aromatic rings. The Morgan fingerprint density at radius 3 is 3.05 bits per heavy atom. The third-order valence-corrected chi connectivity index (χ3v) is 3.54. The van der Waals surface area contributed by atoms with Crippen LogP contribution in [0.3, 0.4) is 0 Å². The summed E-state index contributed by atoms with van der Waals surface area (Å²) < 4.78 is 9.91. The van der Waals surface area contributed by atoms with Gasteiger partial charge in [0.25, 0.3) is 0 Å². The molecule has 1 atom stereocenters. The SMILES string of the molecule is COCCNC(=O)NC(=O)CN1CCCC1c1cc(C)on1. The summed E-state index contributed by atoms with van der Waals surface area (Å²) in [6.07, 6.45) is 1.92. The molecule has 8 heteroatoms. The summed E-state index contributed by atoms with van der Waals surface area (Å²) in [5, 5.41) is 8.88. The second-order valence-corrected chi connectivity index (χ2v) is 5.29. The molecule has 1 aromatic heterocycles. The Bertz CT molecular complexity index is 517. The van der Waals surface area contributed by atoms with Gasteiger partial charge in [0, 0.05) is 19.7 Å². The maximum absolute atomic E-state index is 11.9. The number of hydrogen-bond donors (Lipinski definition) is 2. The molecular formula is C14H22N4O4.